The van der Waals surface area contributed by atoms with Gasteiger partial charge in [0.15, 0.2) is 10.1 Å². The summed E-state index contributed by atoms with van der Waals surface area (Å²) in [5.41, 5.74) is 2.76. The minimum absolute atomic E-state index is 0.164. The quantitative estimate of drug-likeness (QED) is 0.502. The molecule has 5 aromatic rings. The average Bonchev–Trinajstić information content (AvgIpc) is 3.36. The molecule has 0 fully saturated rings. The summed E-state index contributed by atoms with van der Waals surface area (Å²) in [4.78, 5) is 28.0. The van der Waals surface area contributed by atoms with Gasteiger partial charge in [0.25, 0.3) is 5.91 Å². The van der Waals surface area contributed by atoms with Gasteiger partial charge in [-0.15, -0.1) is 34.0 Å². The number of thiazole rings is 2. The lowest BCUT2D eigenvalue weighted by molar-refractivity contribution is 0.103. The zero-order valence-electron chi connectivity index (χ0n) is 12.5. The number of carbonyl (C=O) groups excluding carboxylic acids is 1. The van der Waals surface area contributed by atoms with E-state index in [9.17, 15) is 4.79 Å². The van der Waals surface area contributed by atoms with Gasteiger partial charge in [-0.3, -0.25) is 19.5 Å². The number of anilines is 1. The molecule has 5 aromatic heterocycles. The van der Waals surface area contributed by atoms with Crippen LogP contribution in [0.15, 0.2) is 47.5 Å². The van der Waals surface area contributed by atoms with Crippen molar-refractivity contribution in [1.29, 1.82) is 0 Å². The number of rotatable bonds is 3. The molecular formula is C16H9N5OS3. The Balaban J connectivity index is 1.41. The number of hydrogen-bond donors (Lipinski definition) is 1. The number of carbonyl (C=O) groups is 1. The maximum Gasteiger partial charge on any atom is 0.267 e. The van der Waals surface area contributed by atoms with Crippen molar-refractivity contribution in [3.63, 3.8) is 0 Å². The number of fused-ring (bicyclic) bond motifs is 3. The Morgan fingerprint density at radius 1 is 1.16 bits per heavy atom. The highest BCUT2D eigenvalue weighted by Gasteiger charge is 2.16. The van der Waals surface area contributed by atoms with E-state index >= 15 is 0 Å². The second-order valence-electron chi connectivity index (χ2n) is 5.20. The van der Waals surface area contributed by atoms with Gasteiger partial charge in [0.2, 0.25) is 0 Å². The highest BCUT2D eigenvalue weighted by Crippen LogP contribution is 2.29. The third-order valence-corrected chi connectivity index (χ3v) is 6.20. The first-order valence-electron chi connectivity index (χ1n) is 7.30. The molecule has 0 aliphatic rings. The van der Waals surface area contributed by atoms with Crippen molar-refractivity contribution < 1.29 is 4.79 Å². The van der Waals surface area contributed by atoms with E-state index in [1.807, 2.05) is 39.6 Å². The number of aromatic nitrogens is 4. The lowest BCUT2D eigenvalue weighted by atomic mass is 10.2. The smallest absolute Gasteiger partial charge is 0.267 e. The molecule has 0 spiro atoms. The fourth-order valence-electron chi connectivity index (χ4n) is 2.50. The lowest BCUT2D eigenvalue weighted by Crippen LogP contribution is -2.09. The Bertz CT molecular complexity index is 1200. The molecule has 9 heteroatoms. The SMILES string of the molecule is O=C(Nc1nc(-c2ccncc2)cs1)c1cc2c(nc3sccn32)s1. The van der Waals surface area contributed by atoms with Gasteiger partial charge in [-0.25, -0.2) is 9.97 Å². The second-order valence-corrected chi connectivity index (χ2v) is 7.96. The van der Waals surface area contributed by atoms with E-state index in [-0.39, 0.29) is 5.91 Å². The summed E-state index contributed by atoms with van der Waals surface area (Å²) < 4.78 is 2.00. The van der Waals surface area contributed by atoms with E-state index in [0.717, 1.165) is 26.6 Å². The standard InChI is InChI=1S/C16H9N5OS3/c22-13(12-7-11-14(25-12)20-16-21(11)5-6-23-16)19-15-18-10(8-24-15)9-1-3-17-4-2-9/h1-8H,(H,18,19,22). The van der Waals surface area contributed by atoms with Gasteiger partial charge in [0.1, 0.15) is 4.83 Å². The van der Waals surface area contributed by atoms with Crippen LogP contribution in [0.2, 0.25) is 0 Å². The van der Waals surface area contributed by atoms with Gasteiger partial charge in [0.05, 0.1) is 16.1 Å². The van der Waals surface area contributed by atoms with Crippen molar-refractivity contribution in [2.45, 2.75) is 0 Å². The van der Waals surface area contributed by atoms with Crippen LogP contribution >= 0.6 is 34.0 Å². The molecule has 0 radical (unpaired) electrons. The van der Waals surface area contributed by atoms with Gasteiger partial charge in [0, 0.05) is 34.9 Å². The first-order chi connectivity index (χ1) is 12.3. The van der Waals surface area contributed by atoms with Crippen LogP contribution in [-0.2, 0) is 0 Å². The van der Waals surface area contributed by atoms with E-state index in [1.54, 1.807) is 23.7 Å². The Morgan fingerprint density at radius 2 is 2.04 bits per heavy atom. The van der Waals surface area contributed by atoms with Crippen LogP contribution in [0.3, 0.4) is 0 Å². The molecule has 25 heavy (non-hydrogen) atoms. The molecular weight excluding hydrogens is 374 g/mol. The maximum atomic E-state index is 12.5. The Hall–Kier alpha value is -2.62. The normalized spacial score (nSPS) is 11.4. The van der Waals surface area contributed by atoms with Crippen molar-refractivity contribution in [3.8, 4) is 11.3 Å². The number of hydrogen-bond acceptors (Lipinski definition) is 7. The Labute approximate surface area is 153 Å². The minimum atomic E-state index is -0.164. The molecule has 0 aromatic carbocycles. The van der Waals surface area contributed by atoms with Gasteiger partial charge < -0.3 is 0 Å². The predicted molar refractivity (Wildman–Crippen MR) is 102 cm³/mol. The first kappa shape index (κ1) is 14.7. The average molecular weight is 383 g/mol. The van der Waals surface area contributed by atoms with Crippen LogP contribution < -0.4 is 5.32 Å². The molecule has 5 rings (SSSR count). The molecule has 0 unspecified atom stereocenters. The summed E-state index contributed by atoms with van der Waals surface area (Å²) in [6, 6.07) is 5.66. The highest BCUT2D eigenvalue weighted by atomic mass is 32.1. The monoisotopic (exact) mass is 383 g/mol. The van der Waals surface area contributed by atoms with Gasteiger partial charge in [-0.05, 0) is 18.2 Å². The van der Waals surface area contributed by atoms with Crippen molar-refractivity contribution in [3.05, 3.63) is 52.4 Å². The fraction of sp³-hybridized carbons (Fsp3) is 0. The zero-order chi connectivity index (χ0) is 16.8. The summed E-state index contributed by atoms with van der Waals surface area (Å²) in [7, 11) is 0. The van der Waals surface area contributed by atoms with Crippen molar-refractivity contribution >= 4 is 60.4 Å². The third kappa shape index (κ3) is 2.53. The topological polar surface area (TPSA) is 72.2 Å². The molecule has 0 aliphatic heterocycles. The maximum absolute atomic E-state index is 12.5. The van der Waals surface area contributed by atoms with E-state index < -0.39 is 0 Å². The lowest BCUT2D eigenvalue weighted by Gasteiger charge is -1.98. The molecule has 6 nitrogen and oxygen atoms in total. The number of nitrogens with zero attached hydrogens (tertiary/aromatic N) is 4. The summed E-state index contributed by atoms with van der Waals surface area (Å²) in [5.74, 6) is -0.164. The Morgan fingerprint density at radius 3 is 2.92 bits per heavy atom. The number of amides is 1. The number of nitrogens with one attached hydrogen (secondary N) is 1. The van der Waals surface area contributed by atoms with Crippen LogP contribution in [-0.4, -0.2) is 25.3 Å². The second kappa shape index (κ2) is 5.73. The molecule has 0 bridgehead atoms. The molecule has 1 amide bonds. The molecule has 0 aliphatic carbocycles. The van der Waals surface area contributed by atoms with Crippen LogP contribution in [0.4, 0.5) is 5.13 Å². The van der Waals surface area contributed by atoms with Crippen LogP contribution in [0.5, 0.6) is 0 Å². The van der Waals surface area contributed by atoms with E-state index in [2.05, 4.69) is 20.3 Å². The number of imidazole rings is 1. The van der Waals surface area contributed by atoms with Crippen molar-refractivity contribution in [1.82, 2.24) is 19.4 Å². The summed E-state index contributed by atoms with van der Waals surface area (Å²) in [6.07, 6.45) is 5.41. The Kier molecular flexibility index (Phi) is 3.37. The molecule has 5 heterocycles. The molecule has 1 N–H and O–H groups in total. The minimum Gasteiger partial charge on any atom is -0.297 e. The summed E-state index contributed by atoms with van der Waals surface area (Å²) >= 11 is 4.37. The van der Waals surface area contributed by atoms with Crippen LogP contribution in [0.1, 0.15) is 9.67 Å². The first-order valence-corrected chi connectivity index (χ1v) is 9.88. The largest absolute Gasteiger partial charge is 0.297 e. The van der Waals surface area contributed by atoms with Crippen LogP contribution in [0.25, 0.3) is 26.6 Å². The molecule has 122 valence electrons. The summed E-state index contributed by atoms with van der Waals surface area (Å²) in [5, 5.41) is 7.35. The summed E-state index contributed by atoms with van der Waals surface area (Å²) in [6.45, 7) is 0. The third-order valence-electron chi connectivity index (χ3n) is 3.66. The predicted octanol–water partition coefficient (Wildman–Crippen LogP) is 4.38. The van der Waals surface area contributed by atoms with Crippen molar-refractivity contribution in [2.24, 2.45) is 0 Å². The van der Waals surface area contributed by atoms with E-state index in [0.29, 0.717) is 10.0 Å². The van der Waals surface area contributed by atoms with E-state index in [1.165, 1.54) is 22.7 Å². The number of pyridine rings is 1. The number of thiophene rings is 1. The molecule has 0 saturated heterocycles. The van der Waals surface area contributed by atoms with Gasteiger partial charge in [-0.2, -0.15) is 0 Å². The molecule has 0 saturated carbocycles. The van der Waals surface area contributed by atoms with Crippen LogP contribution in [0, 0.1) is 0 Å². The van der Waals surface area contributed by atoms with Crippen molar-refractivity contribution in [2.75, 3.05) is 5.32 Å². The molecule has 0 atom stereocenters. The highest BCUT2D eigenvalue weighted by molar-refractivity contribution is 7.21. The van der Waals surface area contributed by atoms with E-state index in [4.69, 9.17) is 0 Å². The van der Waals surface area contributed by atoms with Gasteiger partial charge in [-0.1, -0.05) is 0 Å². The fourth-order valence-corrected chi connectivity index (χ4v) is 4.91. The van der Waals surface area contributed by atoms with Gasteiger partial charge >= 0.3 is 0 Å². The zero-order valence-corrected chi connectivity index (χ0v) is 15.0.